The molecule has 0 radical (unpaired) electrons. The Bertz CT molecular complexity index is 453. The number of rotatable bonds is 5. The van der Waals surface area contributed by atoms with Gasteiger partial charge >= 0.3 is 0 Å². The minimum Gasteiger partial charge on any atom is -0.340 e. The summed E-state index contributed by atoms with van der Waals surface area (Å²) >= 11 is 3.48. The maximum atomic E-state index is 12.0. The molecule has 0 fully saturated rings. The van der Waals surface area contributed by atoms with E-state index in [1.807, 2.05) is 37.3 Å². The van der Waals surface area contributed by atoms with Crippen LogP contribution in [0, 0.1) is 17.2 Å². The Labute approximate surface area is 116 Å². The zero-order chi connectivity index (χ0) is 13.5. The Morgan fingerprint density at radius 2 is 2.17 bits per heavy atom. The molecule has 0 unspecified atom stereocenters. The minimum absolute atomic E-state index is 0.0534. The summed E-state index contributed by atoms with van der Waals surface area (Å²) in [5.74, 6) is -0.151. The van der Waals surface area contributed by atoms with Crippen LogP contribution in [0.3, 0.4) is 0 Å². The molecule has 0 aliphatic carbocycles. The van der Waals surface area contributed by atoms with Gasteiger partial charge in [-0.25, -0.2) is 0 Å². The molecule has 96 valence electrons. The van der Waals surface area contributed by atoms with Gasteiger partial charge in [0.05, 0.1) is 6.07 Å². The third kappa shape index (κ3) is 4.15. The van der Waals surface area contributed by atoms with Gasteiger partial charge in [-0.2, -0.15) is 5.26 Å². The molecule has 0 saturated carbocycles. The van der Waals surface area contributed by atoms with E-state index < -0.39 is 6.04 Å². The average molecular weight is 309 g/mol. The van der Waals surface area contributed by atoms with E-state index in [1.165, 1.54) is 0 Å². The van der Waals surface area contributed by atoms with Crippen molar-refractivity contribution in [1.29, 1.82) is 5.26 Å². The fraction of sp³-hybridized carbons (Fsp3) is 0.429. The zero-order valence-electron chi connectivity index (χ0n) is 10.6. The molecule has 0 aliphatic rings. The lowest BCUT2D eigenvalue weighted by molar-refractivity contribution is -0.125. The van der Waals surface area contributed by atoms with Gasteiger partial charge in [-0.3, -0.25) is 4.79 Å². The van der Waals surface area contributed by atoms with E-state index >= 15 is 0 Å². The molecule has 0 heterocycles. The number of nitrogens with zero attached hydrogens (tertiary/aromatic N) is 1. The minimum atomic E-state index is -0.439. The molecule has 0 aliphatic heterocycles. The molecule has 3 nitrogen and oxygen atoms in total. The summed E-state index contributed by atoms with van der Waals surface area (Å²) in [4.78, 5) is 12.0. The van der Waals surface area contributed by atoms with Gasteiger partial charge in [-0.15, -0.1) is 0 Å². The van der Waals surface area contributed by atoms with Gasteiger partial charge in [-0.1, -0.05) is 41.1 Å². The maximum Gasteiger partial charge on any atom is 0.224 e. The molecule has 1 aromatic rings. The van der Waals surface area contributed by atoms with Crippen molar-refractivity contribution in [3.8, 4) is 6.07 Å². The molecule has 2 atom stereocenters. The highest BCUT2D eigenvalue weighted by Crippen LogP contribution is 2.21. The smallest absolute Gasteiger partial charge is 0.224 e. The number of amides is 1. The molecule has 1 N–H and O–H groups in total. The van der Waals surface area contributed by atoms with Gasteiger partial charge in [-0.05, 0) is 31.4 Å². The third-order valence-corrected chi connectivity index (χ3v) is 3.61. The van der Waals surface area contributed by atoms with Crippen molar-refractivity contribution in [3.63, 3.8) is 0 Å². The first kappa shape index (κ1) is 14.7. The number of benzene rings is 1. The number of carbonyl (C=O) groups excluding carboxylic acids is 1. The Kier molecular flexibility index (Phi) is 5.87. The van der Waals surface area contributed by atoms with Crippen LogP contribution in [0.5, 0.6) is 0 Å². The van der Waals surface area contributed by atoms with E-state index in [-0.39, 0.29) is 11.8 Å². The van der Waals surface area contributed by atoms with Crippen LogP contribution >= 0.6 is 15.9 Å². The number of hydrogen-bond donors (Lipinski definition) is 1. The highest BCUT2D eigenvalue weighted by molar-refractivity contribution is 9.10. The first-order chi connectivity index (χ1) is 8.58. The highest BCUT2D eigenvalue weighted by atomic mass is 79.9. The lowest BCUT2D eigenvalue weighted by atomic mass is 9.96. The van der Waals surface area contributed by atoms with Crippen LogP contribution in [0.15, 0.2) is 28.7 Å². The monoisotopic (exact) mass is 308 g/mol. The van der Waals surface area contributed by atoms with Crippen molar-refractivity contribution in [2.45, 2.75) is 32.7 Å². The summed E-state index contributed by atoms with van der Waals surface area (Å²) in [7, 11) is 0. The van der Waals surface area contributed by atoms with Crippen molar-refractivity contribution in [3.05, 3.63) is 34.3 Å². The molecule has 4 heteroatoms. The van der Waals surface area contributed by atoms with E-state index in [0.717, 1.165) is 16.5 Å². The van der Waals surface area contributed by atoms with Crippen LogP contribution < -0.4 is 5.32 Å². The summed E-state index contributed by atoms with van der Waals surface area (Å²) in [5, 5.41) is 11.4. The third-order valence-electron chi connectivity index (χ3n) is 2.84. The van der Waals surface area contributed by atoms with E-state index in [2.05, 4.69) is 21.2 Å². The summed E-state index contributed by atoms with van der Waals surface area (Å²) < 4.78 is 1.02. The van der Waals surface area contributed by atoms with Crippen LogP contribution in [0.1, 0.15) is 25.8 Å². The molecule has 18 heavy (non-hydrogen) atoms. The van der Waals surface area contributed by atoms with Crippen molar-refractivity contribution < 1.29 is 4.79 Å². The van der Waals surface area contributed by atoms with Crippen LogP contribution in [-0.2, 0) is 11.2 Å². The largest absolute Gasteiger partial charge is 0.340 e. The first-order valence-electron chi connectivity index (χ1n) is 6.01. The SMILES string of the molecule is CC[C@H](Cc1ccccc1Br)C(=O)N[C@H](C)C#N. The number of nitriles is 1. The van der Waals surface area contributed by atoms with Gasteiger partial charge in [0.2, 0.25) is 5.91 Å². The molecular formula is C14H17BrN2O. The van der Waals surface area contributed by atoms with Crippen LogP contribution in [0.2, 0.25) is 0 Å². The van der Waals surface area contributed by atoms with Crippen molar-refractivity contribution in [1.82, 2.24) is 5.32 Å². The van der Waals surface area contributed by atoms with Gasteiger partial charge in [0.1, 0.15) is 6.04 Å². The normalized spacial score (nSPS) is 13.4. The Morgan fingerprint density at radius 1 is 1.50 bits per heavy atom. The van der Waals surface area contributed by atoms with Crippen LogP contribution in [0.4, 0.5) is 0 Å². The predicted molar refractivity (Wildman–Crippen MR) is 74.8 cm³/mol. The van der Waals surface area contributed by atoms with Gasteiger partial charge in [0, 0.05) is 10.4 Å². The lowest BCUT2D eigenvalue weighted by Crippen LogP contribution is -2.37. The molecular weight excluding hydrogens is 292 g/mol. The van der Waals surface area contributed by atoms with Gasteiger partial charge in [0.15, 0.2) is 0 Å². The fourth-order valence-corrected chi connectivity index (χ4v) is 2.16. The van der Waals surface area contributed by atoms with E-state index in [4.69, 9.17) is 5.26 Å². The van der Waals surface area contributed by atoms with Gasteiger partial charge < -0.3 is 5.32 Å². The highest BCUT2D eigenvalue weighted by Gasteiger charge is 2.19. The number of hydrogen-bond acceptors (Lipinski definition) is 2. The molecule has 0 saturated heterocycles. The molecule has 0 spiro atoms. The summed E-state index contributed by atoms with van der Waals surface area (Å²) in [6.07, 6.45) is 1.44. The van der Waals surface area contributed by atoms with Gasteiger partial charge in [0.25, 0.3) is 0 Å². The molecule has 0 aromatic heterocycles. The average Bonchev–Trinajstić information content (AvgIpc) is 2.37. The number of halogens is 1. The first-order valence-corrected chi connectivity index (χ1v) is 6.81. The second-order valence-electron chi connectivity index (χ2n) is 4.26. The van der Waals surface area contributed by atoms with E-state index in [0.29, 0.717) is 6.42 Å². The summed E-state index contributed by atoms with van der Waals surface area (Å²) in [6.45, 7) is 3.67. The zero-order valence-corrected chi connectivity index (χ0v) is 12.2. The number of nitrogens with one attached hydrogen (secondary N) is 1. The lowest BCUT2D eigenvalue weighted by Gasteiger charge is -2.16. The molecule has 0 bridgehead atoms. The Hall–Kier alpha value is -1.34. The topological polar surface area (TPSA) is 52.9 Å². The summed E-state index contributed by atoms with van der Waals surface area (Å²) in [5.41, 5.74) is 1.11. The molecule has 1 amide bonds. The fourth-order valence-electron chi connectivity index (χ4n) is 1.72. The second-order valence-corrected chi connectivity index (χ2v) is 5.11. The van der Waals surface area contributed by atoms with Crippen molar-refractivity contribution >= 4 is 21.8 Å². The van der Waals surface area contributed by atoms with Crippen molar-refractivity contribution in [2.24, 2.45) is 5.92 Å². The molecule has 1 rings (SSSR count). The van der Waals surface area contributed by atoms with Crippen LogP contribution in [0.25, 0.3) is 0 Å². The predicted octanol–water partition coefficient (Wildman–Crippen LogP) is 3.05. The van der Waals surface area contributed by atoms with E-state index in [1.54, 1.807) is 6.92 Å². The Balaban J connectivity index is 2.71. The van der Waals surface area contributed by atoms with Crippen molar-refractivity contribution in [2.75, 3.05) is 0 Å². The summed E-state index contributed by atoms with van der Waals surface area (Å²) in [6, 6.07) is 9.46. The van der Waals surface area contributed by atoms with Crippen LogP contribution in [-0.4, -0.2) is 11.9 Å². The number of carbonyl (C=O) groups is 1. The maximum absolute atomic E-state index is 12.0. The second kappa shape index (κ2) is 7.17. The quantitative estimate of drug-likeness (QED) is 0.909. The van der Waals surface area contributed by atoms with E-state index in [9.17, 15) is 4.79 Å². The standard InChI is InChI=1S/C14H17BrN2O/c1-3-11(14(18)17-10(2)9-16)8-12-6-4-5-7-13(12)15/h4-7,10-11H,3,8H2,1-2H3,(H,17,18)/t10-,11-/m1/s1. The molecule has 1 aromatic carbocycles. The Morgan fingerprint density at radius 3 is 2.72 bits per heavy atom.